The van der Waals surface area contributed by atoms with Crippen molar-refractivity contribution >= 4 is 38.6 Å². The zero-order valence-electron chi connectivity index (χ0n) is 30.8. The van der Waals surface area contributed by atoms with E-state index in [1.54, 1.807) is 0 Å². The van der Waals surface area contributed by atoms with E-state index in [4.69, 9.17) is 0 Å². The van der Waals surface area contributed by atoms with Gasteiger partial charge in [-0.1, -0.05) is 164 Å². The highest BCUT2D eigenvalue weighted by molar-refractivity contribution is 6.28. The number of fused-ring (bicyclic) bond motifs is 4. The summed E-state index contributed by atoms with van der Waals surface area (Å²) in [5, 5.41) is 5.16. The minimum atomic E-state index is 1.19. The second-order valence-corrected chi connectivity index (χ2v) is 14.6. The van der Waals surface area contributed by atoms with Gasteiger partial charge in [-0.05, 0) is 133 Å². The van der Waals surface area contributed by atoms with Crippen LogP contribution in [-0.4, -0.2) is 0 Å². The molecule has 0 aromatic heterocycles. The Balaban J connectivity index is 1.25. The quantitative estimate of drug-likeness (QED) is 0.168. The van der Waals surface area contributed by atoms with Crippen LogP contribution >= 0.6 is 0 Å². The fourth-order valence-electron chi connectivity index (χ4n) is 8.90. The second-order valence-electron chi connectivity index (χ2n) is 14.6. The van der Waals surface area contributed by atoms with Crippen molar-refractivity contribution in [1.82, 2.24) is 0 Å². The van der Waals surface area contributed by atoms with E-state index in [0.29, 0.717) is 0 Å². The van der Waals surface area contributed by atoms with Gasteiger partial charge in [-0.25, -0.2) is 0 Å². The summed E-state index contributed by atoms with van der Waals surface area (Å²) < 4.78 is 0. The third-order valence-electron chi connectivity index (χ3n) is 11.4. The van der Waals surface area contributed by atoms with E-state index in [9.17, 15) is 0 Å². The fraction of sp³-hybridized carbons (Fsp3) is 0.0566. The Morgan fingerprint density at radius 3 is 1.33 bits per heavy atom. The van der Waals surface area contributed by atoms with E-state index in [0.717, 1.165) is 0 Å². The average molecular weight is 690 g/mol. The molecule has 0 unspecified atom stereocenters. The first-order chi connectivity index (χ1) is 26.6. The highest BCUT2D eigenvalue weighted by Gasteiger charge is 2.31. The smallest absolute Gasteiger partial charge is 0.0497 e. The lowest BCUT2D eigenvalue weighted by molar-refractivity contribution is 1.21. The molecule has 1 nitrogen and oxygen atoms in total. The van der Waals surface area contributed by atoms with E-state index in [1.807, 2.05) is 0 Å². The van der Waals surface area contributed by atoms with Gasteiger partial charge in [0.1, 0.15) is 0 Å². The highest BCUT2D eigenvalue weighted by atomic mass is 15.1. The molecule has 10 rings (SSSR count). The Hall–Kier alpha value is -6.70. The topological polar surface area (TPSA) is 3.24 Å². The van der Waals surface area contributed by atoms with Crippen LogP contribution in [0.15, 0.2) is 182 Å². The molecule has 1 aliphatic carbocycles. The number of rotatable bonds is 6. The van der Waals surface area contributed by atoms with Crippen LogP contribution in [0.4, 0.5) is 17.1 Å². The molecule has 0 aliphatic heterocycles. The van der Waals surface area contributed by atoms with Crippen LogP contribution in [-0.2, 0) is 0 Å². The van der Waals surface area contributed by atoms with Crippen LogP contribution in [0.25, 0.3) is 77.2 Å². The van der Waals surface area contributed by atoms with Crippen LogP contribution < -0.4 is 4.90 Å². The lowest BCUT2D eigenvalue weighted by atomic mass is 9.82. The molecule has 0 amide bonds. The van der Waals surface area contributed by atoms with Crippen LogP contribution in [0.3, 0.4) is 0 Å². The maximum absolute atomic E-state index is 2.45. The molecule has 54 heavy (non-hydrogen) atoms. The lowest BCUT2D eigenvalue weighted by Crippen LogP contribution is -2.14. The molecule has 0 spiro atoms. The number of hydrogen-bond donors (Lipinski definition) is 0. The summed E-state index contributed by atoms with van der Waals surface area (Å²) in [4.78, 5) is 2.45. The molecule has 0 atom stereocenters. The number of anilines is 3. The van der Waals surface area contributed by atoms with Gasteiger partial charge in [-0.3, -0.25) is 0 Å². The summed E-state index contributed by atoms with van der Waals surface area (Å²) >= 11 is 0. The van der Waals surface area contributed by atoms with Crippen molar-refractivity contribution in [3.63, 3.8) is 0 Å². The van der Waals surface area contributed by atoms with Gasteiger partial charge >= 0.3 is 0 Å². The van der Waals surface area contributed by atoms with E-state index >= 15 is 0 Å². The zero-order valence-corrected chi connectivity index (χ0v) is 30.8. The molecule has 0 saturated heterocycles. The summed E-state index contributed by atoms with van der Waals surface area (Å²) in [7, 11) is 0. The maximum atomic E-state index is 2.45. The standard InChI is InChI=1S/C53H39N/c1-34-17-10-14-27-46(34)54(47-28-15-11-18-35(47)2)48-33-39(30-29-36(48)3)40-31-32-45-51-41(40)25-16-26-44(51)52-49(37-19-6-4-7-20-37)42-23-12-13-24-43(42)50(53(45)52)38-21-8-5-9-22-38/h4-33H,1-3H3. The van der Waals surface area contributed by atoms with Crippen molar-refractivity contribution in [2.24, 2.45) is 0 Å². The van der Waals surface area contributed by atoms with E-state index < -0.39 is 0 Å². The maximum Gasteiger partial charge on any atom is 0.0497 e. The van der Waals surface area contributed by atoms with Gasteiger partial charge < -0.3 is 4.90 Å². The number of aryl methyl sites for hydroxylation is 3. The molecule has 1 heteroatoms. The SMILES string of the molecule is Cc1ccccc1N(c1ccccc1C)c1cc(-c2ccc3c4c(cccc24)-c2c-3c(-c3ccccc3)c3ccccc3c2-c2ccccc2)ccc1C. The minimum absolute atomic E-state index is 1.19. The normalized spacial score (nSPS) is 11.6. The predicted molar refractivity (Wildman–Crippen MR) is 231 cm³/mol. The van der Waals surface area contributed by atoms with Crippen molar-refractivity contribution < 1.29 is 0 Å². The van der Waals surface area contributed by atoms with Crippen molar-refractivity contribution in [3.8, 4) is 55.6 Å². The molecule has 0 saturated carbocycles. The summed E-state index contributed by atoms with van der Waals surface area (Å²) in [6.45, 7) is 6.64. The van der Waals surface area contributed by atoms with Gasteiger partial charge in [-0.2, -0.15) is 0 Å². The first-order valence-electron chi connectivity index (χ1n) is 18.9. The van der Waals surface area contributed by atoms with Crippen LogP contribution in [0.1, 0.15) is 16.7 Å². The van der Waals surface area contributed by atoms with E-state index in [1.165, 1.54) is 111 Å². The molecule has 1 aliphatic rings. The average Bonchev–Trinajstić information content (AvgIpc) is 3.54. The Morgan fingerprint density at radius 2 is 0.759 bits per heavy atom. The Bertz CT molecular complexity index is 2760. The third-order valence-corrected chi connectivity index (χ3v) is 11.4. The van der Waals surface area contributed by atoms with Crippen molar-refractivity contribution in [1.29, 1.82) is 0 Å². The monoisotopic (exact) mass is 689 g/mol. The van der Waals surface area contributed by atoms with Crippen LogP contribution in [0.5, 0.6) is 0 Å². The first-order valence-corrected chi connectivity index (χ1v) is 18.9. The summed E-state index contributed by atoms with van der Waals surface area (Å²) in [6, 6.07) is 67.0. The predicted octanol–water partition coefficient (Wildman–Crippen LogP) is 15.0. The molecular weight excluding hydrogens is 651 g/mol. The Kier molecular flexibility index (Phi) is 7.56. The third kappa shape index (κ3) is 4.93. The molecule has 9 aromatic rings. The highest BCUT2D eigenvalue weighted by Crippen LogP contribution is 2.58. The number of nitrogens with zero attached hydrogens (tertiary/aromatic N) is 1. The van der Waals surface area contributed by atoms with E-state index in [2.05, 4.69) is 208 Å². The van der Waals surface area contributed by atoms with Crippen molar-refractivity contribution in [3.05, 3.63) is 199 Å². The van der Waals surface area contributed by atoms with Gasteiger partial charge in [0.2, 0.25) is 0 Å². The van der Waals surface area contributed by atoms with Gasteiger partial charge in [0.25, 0.3) is 0 Å². The largest absolute Gasteiger partial charge is 0.310 e. The molecule has 9 aromatic carbocycles. The Labute approximate surface area is 317 Å². The van der Waals surface area contributed by atoms with E-state index in [-0.39, 0.29) is 0 Å². The van der Waals surface area contributed by atoms with Gasteiger partial charge in [0, 0.05) is 17.1 Å². The fourth-order valence-corrected chi connectivity index (χ4v) is 8.90. The van der Waals surface area contributed by atoms with Gasteiger partial charge in [0.05, 0.1) is 0 Å². The molecule has 0 radical (unpaired) electrons. The molecule has 0 N–H and O–H groups in total. The first kappa shape index (κ1) is 32.0. The summed E-state index contributed by atoms with van der Waals surface area (Å²) in [5.41, 5.74) is 20.1. The molecular formula is C53H39N. The van der Waals surface area contributed by atoms with Gasteiger partial charge in [0.15, 0.2) is 0 Å². The second kappa shape index (κ2) is 12.8. The number of benzene rings is 9. The van der Waals surface area contributed by atoms with Gasteiger partial charge in [-0.15, -0.1) is 0 Å². The molecule has 0 fully saturated rings. The van der Waals surface area contributed by atoms with Crippen LogP contribution in [0.2, 0.25) is 0 Å². The van der Waals surface area contributed by atoms with Crippen molar-refractivity contribution in [2.45, 2.75) is 20.8 Å². The molecule has 256 valence electrons. The van der Waals surface area contributed by atoms with Crippen molar-refractivity contribution in [2.75, 3.05) is 4.90 Å². The molecule has 0 heterocycles. The number of para-hydroxylation sites is 2. The summed E-state index contributed by atoms with van der Waals surface area (Å²) in [6.07, 6.45) is 0. The zero-order chi connectivity index (χ0) is 36.3. The molecule has 0 bridgehead atoms. The lowest BCUT2D eigenvalue weighted by Gasteiger charge is -2.30. The minimum Gasteiger partial charge on any atom is -0.310 e. The number of hydrogen-bond acceptors (Lipinski definition) is 1. The Morgan fingerprint density at radius 1 is 0.296 bits per heavy atom. The van der Waals surface area contributed by atoms with Crippen LogP contribution in [0, 0.1) is 20.8 Å². The summed E-state index contributed by atoms with van der Waals surface area (Å²) in [5.74, 6) is 0.